The van der Waals surface area contributed by atoms with Gasteiger partial charge in [-0.2, -0.15) is 0 Å². The monoisotopic (exact) mass is 393 g/mol. The Kier molecular flexibility index (Phi) is 6.41. The van der Waals surface area contributed by atoms with E-state index in [4.69, 9.17) is 0 Å². The van der Waals surface area contributed by atoms with Gasteiger partial charge in [0.2, 0.25) is 0 Å². The molecular formula is C20H22F3N3O2. The standard InChI is InChI=1S/C20H22F3N3O2/c21-20(22,23)28-18-8-6-17(7-9-18)24-19(27)26-14-12-25(13-15-26)11-10-16-4-2-1-3-5-16/h1-9H,10-15H2,(H,24,27). The number of alkyl halides is 3. The number of hydrogen-bond donors (Lipinski definition) is 1. The van der Waals surface area contributed by atoms with Crippen LogP contribution in [-0.4, -0.2) is 54.9 Å². The molecule has 1 heterocycles. The SMILES string of the molecule is O=C(Nc1ccc(OC(F)(F)F)cc1)N1CCN(CCc2ccccc2)CC1. The second-order valence-corrected chi connectivity index (χ2v) is 6.57. The predicted octanol–water partition coefficient (Wildman–Crippen LogP) is 3.98. The molecule has 5 nitrogen and oxygen atoms in total. The molecule has 150 valence electrons. The summed E-state index contributed by atoms with van der Waals surface area (Å²) >= 11 is 0. The summed E-state index contributed by atoms with van der Waals surface area (Å²) in [6.07, 6.45) is -3.76. The zero-order valence-corrected chi connectivity index (χ0v) is 15.3. The van der Waals surface area contributed by atoms with Crippen molar-refractivity contribution in [3.05, 3.63) is 60.2 Å². The van der Waals surface area contributed by atoms with Crippen molar-refractivity contribution in [3.63, 3.8) is 0 Å². The number of nitrogens with one attached hydrogen (secondary N) is 1. The molecule has 0 bridgehead atoms. The van der Waals surface area contributed by atoms with Gasteiger partial charge < -0.3 is 15.0 Å². The average molecular weight is 393 g/mol. The summed E-state index contributed by atoms with van der Waals surface area (Å²) < 4.78 is 40.3. The van der Waals surface area contributed by atoms with Gasteiger partial charge in [0.1, 0.15) is 5.75 Å². The molecule has 1 aliphatic rings. The van der Waals surface area contributed by atoms with Gasteiger partial charge in [-0.05, 0) is 36.2 Å². The summed E-state index contributed by atoms with van der Waals surface area (Å²) in [7, 11) is 0. The Morgan fingerprint density at radius 3 is 2.21 bits per heavy atom. The minimum absolute atomic E-state index is 0.257. The number of amides is 2. The van der Waals surface area contributed by atoms with Crippen molar-refractivity contribution in [2.24, 2.45) is 0 Å². The molecule has 0 radical (unpaired) electrons. The lowest BCUT2D eigenvalue weighted by atomic mass is 10.1. The van der Waals surface area contributed by atoms with Gasteiger partial charge in [0.25, 0.3) is 0 Å². The molecular weight excluding hydrogens is 371 g/mol. The molecule has 0 aliphatic carbocycles. The van der Waals surface area contributed by atoms with Gasteiger partial charge in [0.15, 0.2) is 0 Å². The van der Waals surface area contributed by atoms with Crippen LogP contribution in [0.25, 0.3) is 0 Å². The number of carbonyl (C=O) groups excluding carboxylic acids is 1. The molecule has 2 aromatic carbocycles. The van der Waals surface area contributed by atoms with Crippen LogP contribution in [0.3, 0.4) is 0 Å². The highest BCUT2D eigenvalue weighted by molar-refractivity contribution is 5.89. The molecule has 0 unspecified atom stereocenters. The smallest absolute Gasteiger partial charge is 0.406 e. The first kappa shape index (κ1) is 20.0. The number of urea groups is 1. The second kappa shape index (κ2) is 8.97. The van der Waals surface area contributed by atoms with Crippen LogP contribution in [0.5, 0.6) is 5.75 Å². The Morgan fingerprint density at radius 1 is 0.964 bits per heavy atom. The fourth-order valence-electron chi connectivity index (χ4n) is 3.05. The normalized spacial score (nSPS) is 15.3. The Balaban J connectivity index is 1.42. The lowest BCUT2D eigenvalue weighted by molar-refractivity contribution is -0.274. The highest BCUT2D eigenvalue weighted by atomic mass is 19.4. The van der Waals surface area contributed by atoms with Gasteiger partial charge in [-0.1, -0.05) is 30.3 Å². The van der Waals surface area contributed by atoms with Crippen LogP contribution in [0.15, 0.2) is 54.6 Å². The average Bonchev–Trinajstić information content (AvgIpc) is 2.68. The van der Waals surface area contributed by atoms with E-state index < -0.39 is 6.36 Å². The Bertz CT molecular complexity index is 759. The van der Waals surface area contributed by atoms with E-state index in [1.165, 1.54) is 29.8 Å². The molecule has 2 amide bonds. The molecule has 1 fully saturated rings. The van der Waals surface area contributed by atoms with E-state index in [9.17, 15) is 18.0 Å². The van der Waals surface area contributed by atoms with Crippen molar-refractivity contribution in [2.45, 2.75) is 12.8 Å². The minimum atomic E-state index is -4.73. The van der Waals surface area contributed by atoms with Gasteiger partial charge in [0.05, 0.1) is 0 Å². The number of carbonyl (C=O) groups is 1. The fraction of sp³-hybridized carbons (Fsp3) is 0.350. The lowest BCUT2D eigenvalue weighted by Crippen LogP contribution is -2.50. The number of hydrogen-bond acceptors (Lipinski definition) is 3. The van der Waals surface area contributed by atoms with Crippen LogP contribution < -0.4 is 10.1 Å². The summed E-state index contributed by atoms with van der Waals surface area (Å²) in [6.45, 7) is 3.74. The molecule has 1 saturated heterocycles. The summed E-state index contributed by atoms with van der Waals surface area (Å²) in [5.41, 5.74) is 1.71. The van der Waals surface area contributed by atoms with Crippen LogP contribution in [0, 0.1) is 0 Å². The molecule has 0 spiro atoms. The zero-order chi connectivity index (χ0) is 20.0. The van der Waals surface area contributed by atoms with Crippen LogP contribution in [0.1, 0.15) is 5.56 Å². The number of rotatable bonds is 5. The van der Waals surface area contributed by atoms with Crippen molar-refractivity contribution >= 4 is 11.7 Å². The van der Waals surface area contributed by atoms with Crippen molar-refractivity contribution in [1.29, 1.82) is 0 Å². The third kappa shape index (κ3) is 6.16. The molecule has 8 heteroatoms. The van der Waals surface area contributed by atoms with Crippen molar-refractivity contribution < 1.29 is 22.7 Å². The molecule has 1 N–H and O–H groups in total. The van der Waals surface area contributed by atoms with Crippen LogP contribution in [0.4, 0.5) is 23.7 Å². The lowest BCUT2D eigenvalue weighted by Gasteiger charge is -2.34. The first-order valence-electron chi connectivity index (χ1n) is 9.07. The van der Waals surface area contributed by atoms with E-state index in [1.54, 1.807) is 4.90 Å². The summed E-state index contributed by atoms with van der Waals surface area (Å²) in [5, 5.41) is 2.71. The largest absolute Gasteiger partial charge is 0.573 e. The highest BCUT2D eigenvalue weighted by Gasteiger charge is 2.31. The zero-order valence-electron chi connectivity index (χ0n) is 15.3. The molecule has 0 saturated carbocycles. The number of piperazine rings is 1. The summed E-state index contributed by atoms with van der Waals surface area (Å²) in [6, 6.07) is 15.1. The number of benzene rings is 2. The quantitative estimate of drug-likeness (QED) is 0.836. The maximum Gasteiger partial charge on any atom is 0.573 e. The highest BCUT2D eigenvalue weighted by Crippen LogP contribution is 2.24. The summed E-state index contributed by atoms with van der Waals surface area (Å²) in [4.78, 5) is 16.4. The van der Waals surface area contributed by atoms with Crippen molar-refractivity contribution in [2.75, 3.05) is 38.0 Å². The number of nitrogens with zero attached hydrogens (tertiary/aromatic N) is 2. The molecule has 0 atom stereocenters. The first-order valence-corrected chi connectivity index (χ1v) is 9.07. The van der Waals surface area contributed by atoms with Crippen molar-refractivity contribution in [3.8, 4) is 5.75 Å². The predicted molar refractivity (Wildman–Crippen MR) is 100 cm³/mol. The van der Waals surface area contributed by atoms with Crippen LogP contribution in [-0.2, 0) is 6.42 Å². The van der Waals surface area contributed by atoms with Gasteiger partial charge in [-0.3, -0.25) is 4.90 Å². The molecule has 2 aromatic rings. The number of ether oxygens (including phenoxy) is 1. The van der Waals surface area contributed by atoms with Gasteiger partial charge in [-0.25, -0.2) is 4.79 Å². The molecule has 28 heavy (non-hydrogen) atoms. The maximum absolute atomic E-state index is 12.4. The molecule has 0 aromatic heterocycles. The second-order valence-electron chi connectivity index (χ2n) is 6.57. The topological polar surface area (TPSA) is 44.8 Å². The van der Waals surface area contributed by atoms with Crippen LogP contribution in [0.2, 0.25) is 0 Å². The van der Waals surface area contributed by atoms with E-state index >= 15 is 0 Å². The molecule has 1 aliphatic heterocycles. The van der Waals surface area contributed by atoms with E-state index in [2.05, 4.69) is 27.1 Å². The van der Waals surface area contributed by atoms with E-state index in [0.29, 0.717) is 18.8 Å². The van der Waals surface area contributed by atoms with Crippen molar-refractivity contribution in [1.82, 2.24) is 9.80 Å². The maximum atomic E-state index is 12.4. The third-order valence-corrected chi connectivity index (χ3v) is 4.56. The number of anilines is 1. The molecule has 3 rings (SSSR count). The van der Waals surface area contributed by atoms with Gasteiger partial charge in [-0.15, -0.1) is 13.2 Å². The Labute approximate surface area is 161 Å². The minimum Gasteiger partial charge on any atom is -0.406 e. The van der Waals surface area contributed by atoms with E-state index in [1.807, 2.05) is 18.2 Å². The van der Waals surface area contributed by atoms with Gasteiger partial charge >= 0.3 is 12.4 Å². The van der Waals surface area contributed by atoms with E-state index in [-0.39, 0.29) is 11.8 Å². The van der Waals surface area contributed by atoms with E-state index in [0.717, 1.165) is 26.1 Å². The Morgan fingerprint density at radius 2 is 1.61 bits per heavy atom. The Hall–Kier alpha value is -2.74. The first-order chi connectivity index (χ1) is 13.4. The number of halogens is 3. The fourth-order valence-corrected chi connectivity index (χ4v) is 3.05. The summed E-state index contributed by atoms with van der Waals surface area (Å²) in [5.74, 6) is -0.322. The van der Waals surface area contributed by atoms with Crippen LogP contribution >= 0.6 is 0 Å². The third-order valence-electron chi connectivity index (χ3n) is 4.56. The van der Waals surface area contributed by atoms with Gasteiger partial charge in [0, 0.05) is 38.4 Å².